The normalized spacial score (nSPS) is 13.1. The summed E-state index contributed by atoms with van der Waals surface area (Å²) in [5.41, 5.74) is 5.52. The minimum atomic E-state index is -1.10. The number of hydrogen-bond acceptors (Lipinski definition) is 5. The Bertz CT molecular complexity index is 463. The molecule has 1 aromatic rings. The van der Waals surface area contributed by atoms with Crippen molar-refractivity contribution in [1.82, 2.24) is 20.3 Å². The molecule has 1 atom stereocenters. The third-order valence-corrected chi connectivity index (χ3v) is 2.15. The summed E-state index contributed by atoms with van der Waals surface area (Å²) in [6.45, 7) is 5.67. The molecule has 0 bridgehead atoms. The van der Waals surface area contributed by atoms with E-state index in [1.807, 2.05) is 20.8 Å². The number of nitrogens with two attached hydrogens (primary N) is 1. The molecule has 0 saturated carbocycles. The van der Waals surface area contributed by atoms with Crippen LogP contribution in [0.2, 0.25) is 0 Å². The molecule has 8 nitrogen and oxygen atoms in total. The fraction of sp³-hybridized carbons (Fsp3) is 0.636. The fourth-order valence-corrected chi connectivity index (χ4v) is 1.43. The minimum Gasteiger partial charge on any atom is -0.480 e. The van der Waals surface area contributed by atoms with Crippen molar-refractivity contribution < 1.29 is 14.7 Å². The lowest BCUT2D eigenvalue weighted by atomic mass is 10.1. The van der Waals surface area contributed by atoms with Crippen LogP contribution in [0.25, 0.3) is 0 Å². The molecule has 0 aliphatic rings. The first kappa shape index (κ1) is 15.1. The highest BCUT2D eigenvalue weighted by Gasteiger charge is 2.17. The Labute approximate surface area is 111 Å². The third-order valence-electron chi connectivity index (χ3n) is 2.15. The van der Waals surface area contributed by atoms with E-state index in [-0.39, 0.29) is 24.4 Å². The van der Waals surface area contributed by atoms with E-state index in [4.69, 9.17) is 10.8 Å². The van der Waals surface area contributed by atoms with Crippen LogP contribution in [-0.2, 0) is 22.6 Å². The van der Waals surface area contributed by atoms with Crippen molar-refractivity contribution in [2.45, 2.75) is 45.3 Å². The number of carboxylic acid groups (broad SMARTS) is 1. The largest absolute Gasteiger partial charge is 0.480 e. The van der Waals surface area contributed by atoms with Crippen LogP contribution in [0.5, 0.6) is 0 Å². The minimum absolute atomic E-state index is 0.0343. The molecule has 1 heterocycles. The van der Waals surface area contributed by atoms with Gasteiger partial charge in [0, 0.05) is 18.2 Å². The number of nitrogens with zero attached hydrogens (tertiary/aromatic N) is 3. The number of carbonyl (C=O) groups is 2. The average molecular weight is 269 g/mol. The molecule has 8 heteroatoms. The lowest BCUT2D eigenvalue weighted by molar-refractivity contribution is -0.138. The van der Waals surface area contributed by atoms with Crippen molar-refractivity contribution in [3.63, 3.8) is 0 Å². The van der Waals surface area contributed by atoms with Gasteiger partial charge in [-0.2, -0.15) is 0 Å². The summed E-state index contributed by atoms with van der Waals surface area (Å²) in [4.78, 5) is 22.3. The predicted molar refractivity (Wildman–Crippen MR) is 67.2 cm³/mol. The molecular weight excluding hydrogens is 250 g/mol. The van der Waals surface area contributed by atoms with Crippen LogP contribution in [0, 0.1) is 0 Å². The number of rotatable bonds is 5. The van der Waals surface area contributed by atoms with Gasteiger partial charge < -0.3 is 16.2 Å². The quantitative estimate of drug-likeness (QED) is 0.639. The van der Waals surface area contributed by atoms with Gasteiger partial charge in [-0.3, -0.25) is 9.59 Å². The van der Waals surface area contributed by atoms with Crippen LogP contribution in [0.15, 0.2) is 6.20 Å². The first-order chi connectivity index (χ1) is 8.67. The highest BCUT2D eigenvalue weighted by atomic mass is 16.4. The van der Waals surface area contributed by atoms with Crippen molar-refractivity contribution >= 4 is 11.9 Å². The molecule has 1 aromatic heterocycles. The predicted octanol–water partition coefficient (Wildman–Crippen LogP) is -0.853. The maximum atomic E-state index is 11.6. The number of aromatic nitrogens is 3. The van der Waals surface area contributed by atoms with E-state index in [1.54, 1.807) is 0 Å². The zero-order valence-corrected chi connectivity index (χ0v) is 11.3. The van der Waals surface area contributed by atoms with Gasteiger partial charge in [0.2, 0.25) is 5.91 Å². The number of nitrogens with one attached hydrogen (secondary N) is 1. The van der Waals surface area contributed by atoms with Gasteiger partial charge in [0.15, 0.2) is 0 Å². The molecule has 0 fully saturated rings. The molecule has 0 aromatic carbocycles. The molecule has 0 radical (unpaired) electrons. The summed E-state index contributed by atoms with van der Waals surface area (Å²) < 4.78 is 1.35. The van der Waals surface area contributed by atoms with Crippen molar-refractivity contribution in [3.05, 3.63) is 11.9 Å². The van der Waals surface area contributed by atoms with Crippen LogP contribution in [-0.4, -0.2) is 43.6 Å². The molecule has 0 aliphatic heterocycles. The number of amides is 1. The van der Waals surface area contributed by atoms with E-state index in [1.165, 1.54) is 10.9 Å². The van der Waals surface area contributed by atoms with E-state index in [2.05, 4.69) is 15.6 Å². The second-order valence-corrected chi connectivity index (χ2v) is 5.35. The SMILES string of the molecule is CC(C)(C)NC(=O)Cn1cc(CC(N)C(=O)O)nn1. The molecular formula is C11H19N5O3. The zero-order valence-electron chi connectivity index (χ0n) is 11.3. The topological polar surface area (TPSA) is 123 Å². The van der Waals surface area contributed by atoms with Gasteiger partial charge in [-0.05, 0) is 20.8 Å². The van der Waals surface area contributed by atoms with Crippen LogP contribution < -0.4 is 11.1 Å². The van der Waals surface area contributed by atoms with Crippen molar-refractivity contribution in [1.29, 1.82) is 0 Å². The van der Waals surface area contributed by atoms with Crippen molar-refractivity contribution in [2.24, 2.45) is 5.73 Å². The van der Waals surface area contributed by atoms with Gasteiger partial charge in [-0.25, -0.2) is 4.68 Å². The molecule has 1 amide bonds. The van der Waals surface area contributed by atoms with E-state index in [0.717, 1.165) is 0 Å². The van der Waals surface area contributed by atoms with E-state index < -0.39 is 12.0 Å². The van der Waals surface area contributed by atoms with Gasteiger partial charge in [0.1, 0.15) is 12.6 Å². The Hall–Kier alpha value is -1.96. The number of carbonyl (C=O) groups excluding carboxylic acids is 1. The van der Waals surface area contributed by atoms with E-state index >= 15 is 0 Å². The second-order valence-electron chi connectivity index (χ2n) is 5.35. The number of hydrogen-bond donors (Lipinski definition) is 3. The zero-order chi connectivity index (χ0) is 14.6. The van der Waals surface area contributed by atoms with Crippen LogP contribution in [0.3, 0.4) is 0 Å². The summed E-state index contributed by atoms with van der Waals surface area (Å²) in [6, 6.07) is -1.02. The van der Waals surface area contributed by atoms with Gasteiger partial charge in [0.25, 0.3) is 0 Å². The maximum Gasteiger partial charge on any atom is 0.320 e. The smallest absolute Gasteiger partial charge is 0.320 e. The van der Waals surface area contributed by atoms with Crippen LogP contribution >= 0.6 is 0 Å². The standard InChI is InChI=1S/C11H19N5O3/c1-11(2,3)13-9(17)6-16-5-7(14-15-16)4-8(12)10(18)19/h5,8H,4,6,12H2,1-3H3,(H,13,17)(H,18,19). The van der Waals surface area contributed by atoms with E-state index in [0.29, 0.717) is 5.69 Å². The van der Waals surface area contributed by atoms with Crippen LogP contribution in [0.1, 0.15) is 26.5 Å². The lowest BCUT2D eigenvalue weighted by Crippen LogP contribution is -2.42. The summed E-state index contributed by atoms with van der Waals surface area (Å²) in [5.74, 6) is -1.29. The summed E-state index contributed by atoms with van der Waals surface area (Å²) in [6.07, 6.45) is 1.60. The summed E-state index contributed by atoms with van der Waals surface area (Å²) in [7, 11) is 0. The van der Waals surface area contributed by atoms with Gasteiger partial charge in [0.05, 0.1) is 5.69 Å². The first-order valence-corrected chi connectivity index (χ1v) is 5.86. The first-order valence-electron chi connectivity index (χ1n) is 5.86. The molecule has 0 aliphatic carbocycles. The monoisotopic (exact) mass is 269 g/mol. The van der Waals surface area contributed by atoms with Gasteiger partial charge >= 0.3 is 5.97 Å². The molecule has 1 rings (SSSR count). The lowest BCUT2D eigenvalue weighted by Gasteiger charge is -2.20. The van der Waals surface area contributed by atoms with Gasteiger partial charge in [-0.15, -0.1) is 5.10 Å². The number of carboxylic acids is 1. The molecule has 0 saturated heterocycles. The molecule has 19 heavy (non-hydrogen) atoms. The molecule has 0 spiro atoms. The Balaban J connectivity index is 2.56. The molecule has 4 N–H and O–H groups in total. The molecule has 1 unspecified atom stereocenters. The maximum absolute atomic E-state index is 11.6. The Morgan fingerprint density at radius 3 is 2.68 bits per heavy atom. The fourth-order valence-electron chi connectivity index (χ4n) is 1.43. The summed E-state index contributed by atoms with van der Waals surface area (Å²) in [5, 5.41) is 19.0. The second kappa shape index (κ2) is 5.79. The average Bonchev–Trinajstić information content (AvgIpc) is 2.61. The Morgan fingerprint density at radius 2 is 2.16 bits per heavy atom. The highest BCUT2D eigenvalue weighted by molar-refractivity contribution is 5.76. The number of aliphatic carboxylic acids is 1. The Kier molecular flexibility index (Phi) is 4.60. The summed E-state index contributed by atoms with van der Waals surface area (Å²) >= 11 is 0. The highest BCUT2D eigenvalue weighted by Crippen LogP contribution is 2.00. The van der Waals surface area contributed by atoms with Crippen LogP contribution in [0.4, 0.5) is 0 Å². The van der Waals surface area contributed by atoms with E-state index in [9.17, 15) is 9.59 Å². The van der Waals surface area contributed by atoms with Crippen molar-refractivity contribution in [3.8, 4) is 0 Å². The Morgan fingerprint density at radius 1 is 1.53 bits per heavy atom. The molecule has 106 valence electrons. The van der Waals surface area contributed by atoms with Crippen molar-refractivity contribution in [2.75, 3.05) is 0 Å². The van der Waals surface area contributed by atoms with Gasteiger partial charge in [-0.1, -0.05) is 5.21 Å². The third kappa shape index (κ3) is 5.47.